The van der Waals surface area contributed by atoms with Crippen molar-refractivity contribution in [2.24, 2.45) is 22.7 Å². The average Bonchev–Trinajstić information content (AvgIpc) is 2.71. The van der Waals surface area contributed by atoms with Crippen LogP contribution < -0.4 is 0 Å². The Balaban J connectivity index is 2.02. The first-order chi connectivity index (χ1) is 14.7. The van der Waals surface area contributed by atoms with Crippen molar-refractivity contribution in [1.82, 2.24) is 0 Å². The van der Waals surface area contributed by atoms with Crippen LogP contribution in [0.3, 0.4) is 0 Å². The lowest BCUT2D eigenvalue weighted by Crippen LogP contribution is -2.79. The van der Waals surface area contributed by atoms with Crippen LogP contribution >= 0.6 is 0 Å². The predicted molar refractivity (Wildman–Crippen MR) is 113 cm³/mol. The molecule has 8 nitrogen and oxygen atoms in total. The number of esters is 1. The summed E-state index contributed by atoms with van der Waals surface area (Å²) in [6, 6.07) is 0. The van der Waals surface area contributed by atoms with Gasteiger partial charge in [0.2, 0.25) is 0 Å². The highest BCUT2D eigenvalue weighted by Crippen LogP contribution is 2.64. The zero-order valence-corrected chi connectivity index (χ0v) is 19.7. The third-order valence-electron chi connectivity index (χ3n) is 9.39. The number of ether oxygens (including phenoxy) is 2. The fourth-order valence-corrected chi connectivity index (χ4v) is 7.29. The highest BCUT2D eigenvalue weighted by molar-refractivity contribution is 5.95. The third kappa shape index (κ3) is 2.67. The number of aliphatic hydroxyl groups is 4. The molecule has 9 unspecified atom stereocenters. The zero-order chi connectivity index (χ0) is 24.0. The van der Waals surface area contributed by atoms with Gasteiger partial charge in [-0.3, -0.25) is 9.59 Å². The molecule has 4 aliphatic rings. The first kappa shape index (κ1) is 23.8. The van der Waals surface area contributed by atoms with Crippen LogP contribution in [-0.4, -0.2) is 74.4 Å². The van der Waals surface area contributed by atoms with Gasteiger partial charge in [0.25, 0.3) is 0 Å². The predicted octanol–water partition coefficient (Wildman–Crippen LogP) is 0.882. The molecule has 4 rings (SSSR count). The summed E-state index contributed by atoms with van der Waals surface area (Å²) in [4.78, 5) is 26.6. The fraction of sp³-hybridized carbons (Fsp3) is 0.833. The van der Waals surface area contributed by atoms with Crippen molar-refractivity contribution in [1.29, 1.82) is 0 Å². The molecule has 0 spiro atoms. The number of rotatable bonds is 2. The van der Waals surface area contributed by atoms with Gasteiger partial charge in [0.15, 0.2) is 11.9 Å². The van der Waals surface area contributed by atoms with Crippen molar-refractivity contribution in [3.05, 3.63) is 11.1 Å². The van der Waals surface area contributed by atoms with Gasteiger partial charge in [0, 0.05) is 30.6 Å². The second-order valence-electron chi connectivity index (χ2n) is 11.0. The molecule has 9 atom stereocenters. The standard InChI is InChI=1S/C24H36O8/c1-7-16(27)32-18-17-11(2)13(25)9-24(30,21(17,4)5)12(3)19-22(6,20(18)28)14(26)8-15-23(19,29)10-31-15/h12-15,18-19,25-26,29-30H,7-10H2,1-6H3. The van der Waals surface area contributed by atoms with Crippen LogP contribution in [0.15, 0.2) is 11.1 Å². The number of carbonyl (C=O) groups is 2. The fourth-order valence-electron chi connectivity index (χ4n) is 7.29. The van der Waals surface area contributed by atoms with Crippen LogP contribution in [0, 0.1) is 22.7 Å². The Hall–Kier alpha value is -1.32. The second-order valence-corrected chi connectivity index (χ2v) is 11.0. The highest BCUT2D eigenvalue weighted by atomic mass is 16.6. The first-order valence-electron chi connectivity index (χ1n) is 11.5. The zero-order valence-electron chi connectivity index (χ0n) is 19.7. The third-order valence-corrected chi connectivity index (χ3v) is 9.39. The van der Waals surface area contributed by atoms with E-state index in [1.165, 1.54) is 0 Å². The van der Waals surface area contributed by atoms with Gasteiger partial charge < -0.3 is 29.9 Å². The van der Waals surface area contributed by atoms with E-state index in [1.807, 2.05) is 0 Å². The van der Waals surface area contributed by atoms with Gasteiger partial charge in [0.05, 0.1) is 35.9 Å². The molecule has 3 fully saturated rings. The maximum atomic E-state index is 14.2. The smallest absolute Gasteiger partial charge is 0.306 e. The number of Topliss-reactive ketones (excluding diaryl/α,β-unsaturated/α-hetero) is 1. The SMILES string of the molecule is CCC(=O)OC1C(=O)C2(C)C(O)CC3OCC3(O)C2C(C)C2(O)CC(O)C(C)=C1C2(C)C. The van der Waals surface area contributed by atoms with Crippen molar-refractivity contribution >= 4 is 11.8 Å². The van der Waals surface area contributed by atoms with Crippen molar-refractivity contribution in [3.63, 3.8) is 0 Å². The van der Waals surface area contributed by atoms with Crippen molar-refractivity contribution < 1.29 is 39.5 Å². The molecule has 32 heavy (non-hydrogen) atoms. The molecule has 0 amide bonds. The Morgan fingerprint density at radius 2 is 1.84 bits per heavy atom. The maximum Gasteiger partial charge on any atom is 0.306 e. The number of hydrogen-bond donors (Lipinski definition) is 4. The lowest BCUT2D eigenvalue weighted by Gasteiger charge is -2.67. The molecule has 0 aromatic rings. The summed E-state index contributed by atoms with van der Waals surface area (Å²) in [5, 5.41) is 46.0. The molecule has 180 valence electrons. The minimum absolute atomic E-state index is 0.00339. The Morgan fingerprint density at radius 1 is 1.22 bits per heavy atom. The molecule has 0 radical (unpaired) electrons. The molecule has 3 aliphatic carbocycles. The van der Waals surface area contributed by atoms with E-state index in [1.54, 1.807) is 41.5 Å². The molecule has 1 heterocycles. The molecule has 2 saturated carbocycles. The number of hydrogen-bond acceptors (Lipinski definition) is 8. The topological polar surface area (TPSA) is 134 Å². The van der Waals surface area contributed by atoms with Gasteiger partial charge in [0.1, 0.15) is 5.60 Å². The van der Waals surface area contributed by atoms with Gasteiger partial charge in [-0.2, -0.15) is 0 Å². The molecule has 0 aromatic heterocycles. The van der Waals surface area contributed by atoms with E-state index in [-0.39, 0.29) is 25.9 Å². The van der Waals surface area contributed by atoms with Crippen LogP contribution in [0.2, 0.25) is 0 Å². The van der Waals surface area contributed by atoms with Crippen LogP contribution in [0.1, 0.15) is 60.8 Å². The first-order valence-corrected chi connectivity index (χ1v) is 11.5. The van der Waals surface area contributed by atoms with Crippen molar-refractivity contribution in [3.8, 4) is 0 Å². The molecule has 1 aliphatic heterocycles. The quantitative estimate of drug-likeness (QED) is 0.358. The highest BCUT2D eigenvalue weighted by Gasteiger charge is 2.74. The van der Waals surface area contributed by atoms with Gasteiger partial charge in [-0.1, -0.05) is 27.7 Å². The second kappa shape index (κ2) is 7.09. The summed E-state index contributed by atoms with van der Waals surface area (Å²) >= 11 is 0. The summed E-state index contributed by atoms with van der Waals surface area (Å²) in [5.74, 6) is -2.66. The van der Waals surface area contributed by atoms with Gasteiger partial charge in [-0.05, 0) is 30.9 Å². The normalized spacial score (nSPS) is 49.9. The monoisotopic (exact) mass is 452 g/mol. The summed E-state index contributed by atoms with van der Waals surface area (Å²) < 4.78 is 11.2. The lowest BCUT2D eigenvalue weighted by molar-refractivity contribution is -0.335. The number of fused-ring (bicyclic) bond motifs is 5. The molecular weight excluding hydrogens is 416 g/mol. The molecule has 1 saturated heterocycles. The van der Waals surface area contributed by atoms with Gasteiger partial charge >= 0.3 is 5.97 Å². The van der Waals surface area contributed by atoms with Gasteiger partial charge in [-0.15, -0.1) is 0 Å². The summed E-state index contributed by atoms with van der Waals surface area (Å²) in [6.07, 6.45) is -4.12. The molecular formula is C24H36O8. The van der Waals surface area contributed by atoms with Crippen molar-refractivity contribution in [2.75, 3.05) is 6.61 Å². The number of carbonyl (C=O) groups excluding carboxylic acids is 2. The van der Waals surface area contributed by atoms with E-state index in [4.69, 9.17) is 9.47 Å². The largest absolute Gasteiger partial charge is 0.450 e. The van der Waals surface area contributed by atoms with Crippen molar-refractivity contribution in [2.45, 2.75) is 96.4 Å². The Morgan fingerprint density at radius 3 is 2.38 bits per heavy atom. The van der Waals surface area contributed by atoms with Crippen LogP contribution in [-0.2, 0) is 19.1 Å². The van der Waals surface area contributed by atoms with E-state index < -0.39 is 70.0 Å². The minimum Gasteiger partial charge on any atom is -0.450 e. The molecule has 8 heteroatoms. The summed E-state index contributed by atoms with van der Waals surface area (Å²) in [5.41, 5.74) is -4.64. The molecule has 4 N–H and O–H groups in total. The minimum atomic E-state index is -1.54. The Kier molecular flexibility index (Phi) is 5.28. The molecule has 0 aromatic carbocycles. The van der Waals surface area contributed by atoms with Crippen LogP contribution in [0.25, 0.3) is 0 Å². The Bertz CT molecular complexity index is 879. The maximum absolute atomic E-state index is 14.2. The summed E-state index contributed by atoms with van der Waals surface area (Å²) in [7, 11) is 0. The summed E-state index contributed by atoms with van der Waals surface area (Å²) in [6.45, 7) is 10.2. The number of ketones is 1. The molecule has 2 bridgehead atoms. The average molecular weight is 453 g/mol. The van der Waals surface area contributed by atoms with E-state index >= 15 is 0 Å². The Labute approximate surface area is 188 Å². The van der Waals surface area contributed by atoms with Crippen LogP contribution in [0.4, 0.5) is 0 Å². The number of aliphatic hydroxyl groups excluding tert-OH is 2. The van der Waals surface area contributed by atoms with E-state index in [0.717, 1.165) is 0 Å². The van der Waals surface area contributed by atoms with Gasteiger partial charge in [-0.25, -0.2) is 0 Å². The van der Waals surface area contributed by atoms with E-state index in [0.29, 0.717) is 11.1 Å². The van der Waals surface area contributed by atoms with Crippen LogP contribution in [0.5, 0.6) is 0 Å². The lowest BCUT2D eigenvalue weighted by atomic mass is 9.43. The van der Waals surface area contributed by atoms with E-state index in [9.17, 15) is 30.0 Å². The van der Waals surface area contributed by atoms with E-state index in [2.05, 4.69) is 0 Å².